The summed E-state index contributed by atoms with van der Waals surface area (Å²) in [5, 5.41) is 0. The molecule has 2 aliphatic heterocycles. The third-order valence-electron chi connectivity index (χ3n) is 3.80. The highest BCUT2D eigenvalue weighted by Crippen LogP contribution is 2.28. The molecule has 2 atom stereocenters. The molecule has 0 aromatic heterocycles. The number of amides is 1. The quantitative estimate of drug-likeness (QED) is 0.722. The average Bonchev–Trinajstić information content (AvgIpc) is 2.31. The van der Waals surface area contributed by atoms with Gasteiger partial charge in [-0.2, -0.15) is 0 Å². The van der Waals surface area contributed by atoms with Crippen LogP contribution in [0.25, 0.3) is 0 Å². The Balaban J connectivity index is 1.91. The topological polar surface area (TPSA) is 42.0 Å². The maximum absolute atomic E-state index is 11.6. The molecule has 2 heterocycles. The Morgan fingerprint density at radius 1 is 1.29 bits per heavy atom. The standard InChI is InChI=1S/C12H22N2O3/c1-16-9-11-7-10-8-13(12(15)17-2)5-3-4-6-14(10)11/h10-11H,3-9H2,1-2H3/t10-,11+/m1/s1. The first-order valence-corrected chi connectivity index (χ1v) is 6.34. The summed E-state index contributed by atoms with van der Waals surface area (Å²) in [5.41, 5.74) is 0. The van der Waals surface area contributed by atoms with Crippen molar-refractivity contribution in [3.05, 3.63) is 0 Å². The maximum atomic E-state index is 11.6. The molecular weight excluding hydrogens is 220 g/mol. The van der Waals surface area contributed by atoms with Gasteiger partial charge in [-0.15, -0.1) is 0 Å². The average molecular weight is 242 g/mol. The molecular formula is C12H22N2O3. The first kappa shape index (κ1) is 12.6. The van der Waals surface area contributed by atoms with Crippen LogP contribution in [0.3, 0.4) is 0 Å². The Morgan fingerprint density at radius 2 is 2.06 bits per heavy atom. The van der Waals surface area contributed by atoms with Crippen LogP contribution >= 0.6 is 0 Å². The number of ether oxygens (including phenoxy) is 2. The van der Waals surface area contributed by atoms with Crippen LogP contribution in [0.4, 0.5) is 4.79 Å². The van der Waals surface area contributed by atoms with Gasteiger partial charge in [0.2, 0.25) is 0 Å². The number of hydrogen-bond donors (Lipinski definition) is 0. The van der Waals surface area contributed by atoms with Crippen molar-refractivity contribution < 1.29 is 14.3 Å². The maximum Gasteiger partial charge on any atom is 0.409 e. The third kappa shape index (κ3) is 2.72. The molecule has 5 heteroatoms. The number of methoxy groups -OCH3 is 2. The Kier molecular flexibility index (Phi) is 4.23. The zero-order chi connectivity index (χ0) is 12.3. The molecule has 0 unspecified atom stereocenters. The predicted octanol–water partition coefficient (Wildman–Crippen LogP) is 0.938. The second-order valence-electron chi connectivity index (χ2n) is 4.86. The van der Waals surface area contributed by atoms with Gasteiger partial charge in [-0.25, -0.2) is 4.79 Å². The molecule has 0 bridgehead atoms. The van der Waals surface area contributed by atoms with Crippen molar-refractivity contribution in [3.63, 3.8) is 0 Å². The minimum atomic E-state index is -0.193. The first-order chi connectivity index (χ1) is 8.26. The lowest BCUT2D eigenvalue weighted by Gasteiger charge is -2.51. The van der Waals surface area contributed by atoms with E-state index >= 15 is 0 Å². The number of fused-ring (bicyclic) bond motifs is 1. The number of rotatable bonds is 2. The largest absolute Gasteiger partial charge is 0.453 e. The Morgan fingerprint density at radius 3 is 2.76 bits per heavy atom. The second-order valence-corrected chi connectivity index (χ2v) is 4.86. The predicted molar refractivity (Wildman–Crippen MR) is 64.0 cm³/mol. The van der Waals surface area contributed by atoms with E-state index < -0.39 is 0 Å². The van der Waals surface area contributed by atoms with Crippen LogP contribution in [0.1, 0.15) is 19.3 Å². The van der Waals surface area contributed by atoms with Crippen LogP contribution in [-0.4, -0.2) is 68.4 Å². The summed E-state index contributed by atoms with van der Waals surface area (Å²) in [6.45, 7) is 3.56. The van der Waals surface area contributed by atoms with Crippen molar-refractivity contribution in [1.82, 2.24) is 9.80 Å². The fraction of sp³-hybridized carbons (Fsp3) is 0.917. The van der Waals surface area contributed by atoms with E-state index in [0.717, 1.165) is 45.5 Å². The Labute approximate surface area is 103 Å². The normalized spacial score (nSPS) is 29.9. The molecule has 98 valence electrons. The summed E-state index contributed by atoms with van der Waals surface area (Å²) >= 11 is 0. The van der Waals surface area contributed by atoms with Crippen molar-refractivity contribution in [3.8, 4) is 0 Å². The zero-order valence-corrected chi connectivity index (χ0v) is 10.7. The van der Waals surface area contributed by atoms with Crippen molar-refractivity contribution >= 4 is 6.09 Å². The third-order valence-corrected chi connectivity index (χ3v) is 3.80. The molecule has 0 aliphatic carbocycles. The summed E-state index contributed by atoms with van der Waals surface area (Å²) < 4.78 is 10.0. The summed E-state index contributed by atoms with van der Waals surface area (Å²) in [6.07, 6.45) is 3.13. The lowest BCUT2D eigenvalue weighted by atomic mass is 9.91. The molecule has 0 aromatic carbocycles. The monoisotopic (exact) mass is 242 g/mol. The summed E-state index contributed by atoms with van der Waals surface area (Å²) in [6, 6.07) is 1.04. The van der Waals surface area contributed by atoms with Gasteiger partial charge in [0.15, 0.2) is 0 Å². The van der Waals surface area contributed by atoms with Crippen molar-refractivity contribution in [1.29, 1.82) is 0 Å². The molecule has 1 amide bonds. The molecule has 17 heavy (non-hydrogen) atoms. The van der Waals surface area contributed by atoms with Gasteiger partial charge in [0.25, 0.3) is 0 Å². The van der Waals surface area contributed by atoms with Crippen LogP contribution in [-0.2, 0) is 9.47 Å². The molecule has 2 rings (SSSR count). The highest BCUT2D eigenvalue weighted by atomic mass is 16.5. The minimum Gasteiger partial charge on any atom is -0.453 e. The number of nitrogens with zero attached hydrogens (tertiary/aromatic N) is 2. The molecule has 2 aliphatic rings. The molecule has 5 nitrogen and oxygen atoms in total. The van der Waals surface area contributed by atoms with Crippen LogP contribution in [0.5, 0.6) is 0 Å². The van der Waals surface area contributed by atoms with E-state index in [1.165, 1.54) is 7.11 Å². The molecule has 0 saturated carbocycles. The summed E-state index contributed by atoms with van der Waals surface area (Å²) in [5.74, 6) is 0. The van der Waals surface area contributed by atoms with Crippen molar-refractivity contribution in [2.24, 2.45) is 0 Å². The first-order valence-electron chi connectivity index (χ1n) is 6.34. The second kappa shape index (κ2) is 5.69. The van der Waals surface area contributed by atoms with Crippen LogP contribution in [0.15, 0.2) is 0 Å². The van der Waals surface area contributed by atoms with Gasteiger partial charge in [0, 0.05) is 32.3 Å². The highest BCUT2D eigenvalue weighted by molar-refractivity contribution is 5.67. The van der Waals surface area contributed by atoms with Crippen molar-refractivity contribution in [2.45, 2.75) is 31.3 Å². The Bertz CT molecular complexity index is 272. The van der Waals surface area contributed by atoms with E-state index in [2.05, 4.69) is 4.90 Å². The van der Waals surface area contributed by atoms with E-state index in [9.17, 15) is 4.79 Å². The SMILES string of the molecule is COC[C@@H]1C[C@@H]2CN(C(=O)OC)CCCCN12. The van der Waals surface area contributed by atoms with Gasteiger partial charge in [0.1, 0.15) is 0 Å². The summed E-state index contributed by atoms with van der Waals surface area (Å²) in [7, 11) is 3.20. The highest BCUT2D eigenvalue weighted by Gasteiger charge is 2.40. The van der Waals surface area contributed by atoms with Crippen LogP contribution in [0, 0.1) is 0 Å². The van der Waals surface area contributed by atoms with E-state index in [1.807, 2.05) is 4.90 Å². The molecule has 2 fully saturated rings. The van der Waals surface area contributed by atoms with E-state index in [1.54, 1.807) is 7.11 Å². The van der Waals surface area contributed by atoms with Gasteiger partial charge >= 0.3 is 6.09 Å². The zero-order valence-electron chi connectivity index (χ0n) is 10.7. The minimum absolute atomic E-state index is 0.193. The molecule has 0 spiro atoms. The van der Waals surface area contributed by atoms with Gasteiger partial charge in [-0.05, 0) is 25.8 Å². The lowest BCUT2D eigenvalue weighted by Crippen LogP contribution is -2.62. The fourth-order valence-corrected chi connectivity index (χ4v) is 2.88. The smallest absolute Gasteiger partial charge is 0.409 e. The number of carbonyl (C=O) groups excluding carboxylic acids is 1. The summed E-state index contributed by atoms with van der Waals surface area (Å²) in [4.78, 5) is 15.9. The van der Waals surface area contributed by atoms with E-state index in [0.29, 0.717) is 12.1 Å². The van der Waals surface area contributed by atoms with Crippen molar-refractivity contribution in [2.75, 3.05) is 40.5 Å². The van der Waals surface area contributed by atoms with E-state index in [4.69, 9.17) is 9.47 Å². The van der Waals surface area contributed by atoms with Gasteiger partial charge in [0.05, 0.1) is 13.7 Å². The lowest BCUT2D eigenvalue weighted by molar-refractivity contribution is -0.0471. The molecule has 0 N–H and O–H groups in total. The number of hydrogen-bond acceptors (Lipinski definition) is 4. The van der Waals surface area contributed by atoms with Gasteiger partial charge in [-0.3, -0.25) is 4.90 Å². The Hall–Kier alpha value is -0.810. The van der Waals surface area contributed by atoms with Crippen LogP contribution in [0.2, 0.25) is 0 Å². The van der Waals surface area contributed by atoms with E-state index in [-0.39, 0.29) is 6.09 Å². The van der Waals surface area contributed by atoms with Gasteiger partial charge in [-0.1, -0.05) is 0 Å². The van der Waals surface area contributed by atoms with Crippen LogP contribution < -0.4 is 0 Å². The number of carbonyl (C=O) groups is 1. The van der Waals surface area contributed by atoms with Gasteiger partial charge < -0.3 is 14.4 Å². The molecule has 0 aromatic rings. The molecule has 2 saturated heterocycles. The molecule has 0 radical (unpaired) electrons. The fourth-order valence-electron chi connectivity index (χ4n) is 2.88.